The summed E-state index contributed by atoms with van der Waals surface area (Å²) in [4.78, 5) is 0. The van der Waals surface area contributed by atoms with Crippen LogP contribution in [-0.4, -0.2) is 11.4 Å². The fourth-order valence-corrected chi connectivity index (χ4v) is 4.06. The van der Waals surface area contributed by atoms with Gasteiger partial charge >= 0.3 is 0 Å². The van der Waals surface area contributed by atoms with E-state index in [1.807, 2.05) is 11.3 Å². The van der Waals surface area contributed by atoms with Crippen molar-refractivity contribution in [3.05, 3.63) is 35.2 Å². The monoisotopic (exact) mass is 279 g/mol. The molecule has 1 heterocycles. The lowest BCUT2D eigenvalue weighted by molar-refractivity contribution is 0.379. The predicted octanol–water partition coefficient (Wildman–Crippen LogP) is 4.54. The number of thiophene rings is 1. The van der Waals surface area contributed by atoms with E-state index in [9.17, 15) is 0 Å². The Kier molecular flexibility index (Phi) is 3.88. The molecule has 2 aromatic rings. The van der Waals surface area contributed by atoms with Crippen LogP contribution in [0.2, 0.25) is 0 Å². The highest BCUT2D eigenvalue weighted by atomic mass is 35.5. The maximum Gasteiger partial charge on any atom is 0.0489 e. The highest BCUT2D eigenvalue weighted by molar-refractivity contribution is 7.17. The van der Waals surface area contributed by atoms with E-state index in [-0.39, 0.29) is 0 Å². The van der Waals surface area contributed by atoms with Gasteiger partial charge in [-0.25, -0.2) is 0 Å². The van der Waals surface area contributed by atoms with Crippen molar-refractivity contribution < 1.29 is 0 Å². The van der Waals surface area contributed by atoms with Crippen molar-refractivity contribution >= 4 is 33.0 Å². The minimum Gasteiger partial charge on any atom is -0.308 e. The first-order chi connectivity index (χ1) is 8.84. The molecule has 0 bridgehead atoms. The van der Waals surface area contributed by atoms with Gasteiger partial charge in [-0.3, -0.25) is 0 Å². The number of nitrogens with one attached hydrogen (secondary N) is 1. The summed E-state index contributed by atoms with van der Waals surface area (Å²) in [6, 6.07) is 9.10. The minimum absolute atomic E-state index is 0.309. The van der Waals surface area contributed by atoms with Gasteiger partial charge < -0.3 is 5.32 Å². The summed E-state index contributed by atoms with van der Waals surface area (Å²) in [7, 11) is 0. The van der Waals surface area contributed by atoms with Crippen molar-refractivity contribution in [2.24, 2.45) is 0 Å². The molecule has 1 N–H and O–H groups in total. The summed E-state index contributed by atoms with van der Waals surface area (Å²) in [5.74, 6) is 0. The zero-order valence-corrected chi connectivity index (χ0v) is 11.9. The molecule has 96 valence electrons. The fourth-order valence-electron chi connectivity index (χ4n) is 2.73. The molecule has 2 unspecified atom stereocenters. The Balaban J connectivity index is 1.69. The molecular weight excluding hydrogens is 262 g/mol. The molecule has 0 spiro atoms. The van der Waals surface area contributed by atoms with Gasteiger partial charge in [0.25, 0.3) is 0 Å². The van der Waals surface area contributed by atoms with Crippen LogP contribution in [-0.2, 0) is 6.54 Å². The Morgan fingerprint density at radius 2 is 2.06 bits per heavy atom. The Morgan fingerprint density at radius 3 is 2.94 bits per heavy atom. The molecule has 0 radical (unpaired) electrons. The van der Waals surface area contributed by atoms with E-state index in [4.69, 9.17) is 11.6 Å². The zero-order chi connectivity index (χ0) is 12.4. The molecule has 1 saturated carbocycles. The normalized spacial score (nSPS) is 24.5. The Bertz CT molecular complexity index is 522. The van der Waals surface area contributed by atoms with Crippen LogP contribution in [0.1, 0.15) is 31.2 Å². The van der Waals surface area contributed by atoms with E-state index in [0.29, 0.717) is 11.4 Å². The van der Waals surface area contributed by atoms with Crippen LogP contribution in [0.25, 0.3) is 10.1 Å². The third kappa shape index (κ3) is 2.56. The maximum absolute atomic E-state index is 6.38. The second-order valence-corrected chi connectivity index (χ2v) is 6.52. The van der Waals surface area contributed by atoms with Gasteiger partial charge in [0.1, 0.15) is 0 Å². The first-order valence-corrected chi connectivity index (χ1v) is 7.99. The van der Waals surface area contributed by atoms with Crippen LogP contribution < -0.4 is 5.32 Å². The van der Waals surface area contributed by atoms with E-state index in [2.05, 4.69) is 35.0 Å². The molecule has 0 saturated heterocycles. The van der Waals surface area contributed by atoms with Gasteiger partial charge in [0.15, 0.2) is 0 Å². The van der Waals surface area contributed by atoms with E-state index in [0.717, 1.165) is 13.0 Å². The first-order valence-electron chi connectivity index (χ1n) is 6.67. The van der Waals surface area contributed by atoms with E-state index >= 15 is 0 Å². The largest absolute Gasteiger partial charge is 0.308 e. The van der Waals surface area contributed by atoms with Crippen LogP contribution in [0.5, 0.6) is 0 Å². The number of fused-ring (bicyclic) bond motifs is 1. The van der Waals surface area contributed by atoms with E-state index in [1.165, 1.54) is 34.9 Å². The Labute approximate surface area is 117 Å². The van der Waals surface area contributed by atoms with Gasteiger partial charge in [-0.15, -0.1) is 22.9 Å². The molecule has 1 nitrogen and oxygen atoms in total. The number of alkyl halides is 1. The summed E-state index contributed by atoms with van der Waals surface area (Å²) in [6.07, 6.45) is 4.97. The number of halogens is 1. The summed E-state index contributed by atoms with van der Waals surface area (Å²) >= 11 is 8.21. The molecule has 3 heteroatoms. The average molecular weight is 280 g/mol. The molecular formula is C15H18ClNS. The molecule has 1 aliphatic carbocycles. The number of hydrogen-bond acceptors (Lipinski definition) is 2. The molecule has 0 aliphatic heterocycles. The summed E-state index contributed by atoms with van der Waals surface area (Å²) in [5, 5.41) is 7.60. The second-order valence-electron chi connectivity index (χ2n) is 5.04. The lowest BCUT2D eigenvalue weighted by Gasteiger charge is -2.27. The van der Waals surface area contributed by atoms with Crippen LogP contribution in [0.4, 0.5) is 0 Å². The van der Waals surface area contributed by atoms with E-state index in [1.54, 1.807) is 0 Å². The number of hydrogen-bond donors (Lipinski definition) is 1. The molecule has 1 fully saturated rings. The second kappa shape index (κ2) is 5.60. The summed E-state index contributed by atoms with van der Waals surface area (Å²) in [5.41, 5.74) is 1.41. The first kappa shape index (κ1) is 12.5. The van der Waals surface area contributed by atoms with Crippen LogP contribution in [0.15, 0.2) is 29.6 Å². The number of benzene rings is 1. The molecule has 1 aromatic carbocycles. The third-order valence-corrected chi connectivity index (χ3v) is 5.33. The van der Waals surface area contributed by atoms with Crippen LogP contribution >= 0.6 is 22.9 Å². The molecule has 18 heavy (non-hydrogen) atoms. The van der Waals surface area contributed by atoms with Crippen molar-refractivity contribution in [1.82, 2.24) is 5.32 Å². The van der Waals surface area contributed by atoms with Crippen LogP contribution in [0.3, 0.4) is 0 Å². The predicted molar refractivity (Wildman–Crippen MR) is 80.6 cm³/mol. The smallest absolute Gasteiger partial charge is 0.0489 e. The van der Waals surface area contributed by atoms with Crippen molar-refractivity contribution in [3.8, 4) is 0 Å². The average Bonchev–Trinajstić information content (AvgIpc) is 2.81. The van der Waals surface area contributed by atoms with Gasteiger partial charge in [-0.1, -0.05) is 31.0 Å². The van der Waals surface area contributed by atoms with Crippen molar-refractivity contribution in [3.63, 3.8) is 0 Å². The maximum atomic E-state index is 6.38. The van der Waals surface area contributed by atoms with Crippen molar-refractivity contribution in [2.75, 3.05) is 0 Å². The zero-order valence-electron chi connectivity index (χ0n) is 10.4. The standard InChI is InChI=1S/C15H18ClNS/c16-13-6-2-3-7-14(13)17-9-11-10-18-15-8-4-1-5-12(11)15/h1,4-5,8,10,13-14,17H,2-3,6-7,9H2. The highest BCUT2D eigenvalue weighted by Gasteiger charge is 2.22. The van der Waals surface area contributed by atoms with Gasteiger partial charge in [0.05, 0.1) is 0 Å². The Morgan fingerprint density at radius 1 is 1.22 bits per heavy atom. The number of rotatable bonds is 3. The molecule has 0 amide bonds. The fraction of sp³-hybridized carbons (Fsp3) is 0.467. The van der Waals surface area contributed by atoms with Gasteiger partial charge in [-0.05, 0) is 35.2 Å². The lowest BCUT2D eigenvalue weighted by Crippen LogP contribution is -2.38. The molecule has 1 aliphatic rings. The highest BCUT2D eigenvalue weighted by Crippen LogP contribution is 2.27. The van der Waals surface area contributed by atoms with Gasteiger partial charge in [0, 0.05) is 22.7 Å². The van der Waals surface area contributed by atoms with Gasteiger partial charge in [0.2, 0.25) is 0 Å². The molecule has 3 rings (SSSR count). The lowest BCUT2D eigenvalue weighted by atomic mass is 9.95. The minimum atomic E-state index is 0.309. The topological polar surface area (TPSA) is 12.0 Å². The van der Waals surface area contributed by atoms with Crippen LogP contribution in [0, 0.1) is 0 Å². The SMILES string of the molecule is ClC1CCCCC1NCc1csc2ccccc12. The van der Waals surface area contributed by atoms with Crippen molar-refractivity contribution in [1.29, 1.82) is 0 Å². The summed E-state index contributed by atoms with van der Waals surface area (Å²) in [6.45, 7) is 0.942. The quantitative estimate of drug-likeness (QED) is 0.814. The summed E-state index contributed by atoms with van der Waals surface area (Å²) < 4.78 is 1.38. The van der Waals surface area contributed by atoms with E-state index < -0.39 is 0 Å². The Hall–Kier alpha value is -0.570. The molecule has 2 atom stereocenters. The third-order valence-electron chi connectivity index (χ3n) is 3.80. The van der Waals surface area contributed by atoms with Crippen molar-refractivity contribution in [2.45, 2.75) is 43.6 Å². The van der Waals surface area contributed by atoms with Gasteiger partial charge in [-0.2, -0.15) is 0 Å². The molecule has 1 aromatic heterocycles.